The molecule has 0 amide bonds. The minimum Gasteiger partial charge on any atom is -0.427 e. The molecule has 38 heavy (non-hydrogen) atoms. The van der Waals surface area contributed by atoms with E-state index in [0.29, 0.717) is 6.42 Å². The molecule has 6 heteroatoms. The summed E-state index contributed by atoms with van der Waals surface area (Å²) in [5.74, 6) is 1.45. The average molecular weight is 518 g/mol. The summed E-state index contributed by atoms with van der Waals surface area (Å²) in [5.41, 5.74) is 4.40. The molecule has 6 aliphatic rings. The third-order valence-corrected chi connectivity index (χ3v) is 9.68. The molecule has 1 aromatic rings. The Hall–Kier alpha value is -2.86. The van der Waals surface area contributed by atoms with Gasteiger partial charge in [0.15, 0.2) is 0 Å². The average Bonchev–Trinajstić information content (AvgIpc) is 3.64. The van der Waals surface area contributed by atoms with Crippen molar-refractivity contribution in [3.05, 3.63) is 70.0 Å². The quantitative estimate of drug-likeness (QED) is 0.371. The van der Waals surface area contributed by atoms with Crippen LogP contribution < -0.4 is 0 Å². The Balaban J connectivity index is 1.58. The minimum atomic E-state index is -0.616. The van der Waals surface area contributed by atoms with Crippen molar-refractivity contribution in [2.45, 2.75) is 84.0 Å². The molecule has 1 saturated heterocycles. The van der Waals surface area contributed by atoms with Crippen molar-refractivity contribution in [2.24, 2.45) is 23.2 Å². The molecule has 4 aliphatic carbocycles. The highest BCUT2D eigenvalue weighted by atomic mass is 16.5. The van der Waals surface area contributed by atoms with Crippen LogP contribution in [0.3, 0.4) is 0 Å². The van der Waals surface area contributed by atoms with Crippen LogP contribution >= 0.6 is 0 Å². The summed E-state index contributed by atoms with van der Waals surface area (Å²) in [6, 6.07) is 2.09. The lowest BCUT2D eigenvalue weighted by Gasteiger charge is -2.57. The van der Waals surface area contributed by atoms with Gasteiger partial charge in [0.05, 0.1) is 11.0 Å². The highest BCUT2D eigenvalue weighted by Gasteiger charge is 2.68. The van der Waals surface area contributed by atoms with Gasteiger partial charge in [-0.3, -0.25) is 0 Å². The van der Waals surface area contributed by atoms with Gasteiger partial charge in [0.1, 0.15) is 11.5 Å². The van der Waals surface area contributed by atoms with E-state index in [1.54, 1.807) is 0 Å². The molecule has 7 rings (SSSR count). The third kappa shape index (κ3) is 3.63. The molecular weight excluding hydrogens is 478 g/mol. The topological polar surface area (TPSA) is 88.6 Å². The summed E-state index contributed by atoms with van der Waals surface area (Å²) in [4.78, 5) is 30.6. The van der Waals surface area contributed by atoms with Crippen LogP contribution in [0.1, 0.15) is 89.5 Å². The highest BCUT2D eigenvalue weighted by molar-refractivity contribution is 6.00. The Bertz CT molecular complexity index is 1250. The number of hydrogen-bond acceptors (Lipinski definition) is 5. The Morgan fingerprint density at radius 2 is 1.95 bits per heavy atom. The Morgan fingerprint density at radius 3 is 2.68 bits per heavy atom. The molecule has 2 bridgehead atoms. The number of aromatic nitrogens is 1. The number of fused-ring (bicyclic) bond motifs is 1. The maximum Gasteiger partial charge on any atom is 0.340 e. The fourth-order valence-corrected chi connectivity index (χ4v) is 8.31. The van der Waals surface area contributed by atoms with Crippen molar-refractivity contribution < 1.29 is 24.2 Å². The van der Waals surface area contributed by atoms with Gasteiger partial charge < -0.3 is 19.6 Å². The zero-order chi connectivity index (χ0) is 26.4. The lowest BCUT2D eigenvalue weighted by molar-refractivity contribution is -0.135. The zero-order valence-corrected chi connectivity index (χ0v) is 22.6. The number of nitrogens with one attached hydrogen (secondary N) is 1. The van der Waals surface area contributed by atoms with Gasteiger partial charge in [-0.1, -0.05) is 26.7 Å². The van der Waals surface area contributed by atoms with Gasteiger partial charge in [0, 0.05) is 42.0 Å². The maximum absolute atomic E-state index is 13.9. The number of unbranched alkanes of at least 4 members (excludes halogenated alkanes) is 2. The highest BCUT2D eigenvalue weighted by Crippen LogP contribution is 2.71. The number of aliphatic hydroxyl groups is 1. The van der Waals surface area contributed by atoms with E-state index in [4.69, 9.17) is 9.47 Å². The Morgan fingerprint density at radius 1 is 1.13 bits per heavy atom. The van der Waals surface area contributed by atoms with Gasteiger partial charge >= 0.3 is 11.9 Å². The van der Waals surface area contributed by atoms with E-state index >= 15 is 0 Å². The number of esters is 2. The summed E-state index contributed by atoms with van der Waals surface area (Å²) in [6.07, 6.45) is 16.9. The first-order chi connectivity index (χ1) is 18.6. The fourth-order valence-electron chi connectivity index (χ4n) is 8.31. The first kappa shape index (κ1) is 25.4. The lowest BCUT2D eigenvalue weighted by atomic mass is 9.43. The molecular formula is C32H39NO5. The standard InChI is InChI=1S/C32H39NO5/c1-3-5-9-24-23-12-11-22-21-13-15-32(28(22)27(23)30(35)37-24)25(10-6-4-2)38-31(36)29(32)26(21)20(8-7-17-34)19-14-16-33-18-19/h9-10,14,16,18,20-22,28,33-34H,3-8,11-13,15,17H2,1-2H3. The predicted octanol–water partition coefficient (Wildman–Crippen LogP) is 6.38. The van der Waals surface area contributed by atoms with Gasteiger partial charge in [-0.2, -0.15) is 0 Å². The molecule has 2 aliphatic heterocycles. The van der Waals surface area contributed by atoms with Crippen LogP contribution in [0.25, 0.3) is 0 Å². The number of H-pyrrole nitrogens is 1. The minimum absolute atomic E-state index is 0.0398. The molecule has 2 fully saturated rings. The van der Waals surface area contributed by atoms with Crippen molar-refractivity contribution in [1.29, 1.82) is 0 Å². The number of allylic oxidation sites excluding steroid dienone is 5. The van der Waals surface area contributed by atoms with Gasteiger partial charge in [0.25, 0.3) is 0 Å². The summed E-state index contributed by atoms with van der Waals surface area (Å²) < 4.78 is 12.1. The predicted molar refractivity (Wildman–Crippen MR) is 143 cm³/mol. The number of aromatic amines is 1. The number of aliphatic hydroxyl groups excluding tert-OH is 1. The van der Waals surface area contributed by atoms with E-state index in [2.05, 4.69) is 37.0 Å². The molecule has 202 valence electrons. The number of rotatable bonds is 9. The van der Waals surface area contributed by atoms with Crippen LogP contribution in [0.5, 0.6) is 0 Å². The Labute approximate surface area is 224 Å². The van der Waals surface area contributed by atoms with Gasteiger partial charge in [-0.15, -0.1) is 0 Å². The third-order valence-electron chi connectivity index (χ3n) is 9.68. The van der Waals surface area contributed by atoms with Crippen LogP contribution in [0, 0.1) is 23.2 Å². The number of carbonyl (C=O) groups excluding carboxylic acids is 2. The monoisotopic (exact) mass is 517 g/mol. The van der Waals surface area contributed by atoms with Crippen molar-refractivity contribution in [2.75, 3.05) is 6.61 Å². The largest absolute Gasteiger partial charge is 0.427 e. The van der Waals surface area contributed by atoms with E-state index in [-0.39, 0.29) is 42.2 Å². The van der Waals surface area contributed by atoms with Crippen LogP contribution in [0.15, 0.2) is 64.4 Å². The molecule has 1 saturated carbocycles. The SMILES string of the molecule is CCCC=C1OC(=O)C2=C1CCC1C3CCC4(C(=CCCC)OC(=O)C4=C3C(CCCO)c3cc[nH]c3)C21. The van der Waals surface area contributed by atoms with Crippen LogP contribution in [0.4, 0.5) is 0 Å². The molecule has 1 spiro atoms. The second-order valence-electron chi connectivity index (χ2n) is 11.6. The summed E-state index contributed by atoms with van der Waals surface area (Å²) >= 11 is 0. The zero-order valence-electron chi connectivity index (χ0n) is 22.6. The van der Waals surface area contributed by atoms with Crippen molar-refractivity contribution in [1.82, 2.24) is 4.98 Å². The van der Waals surface area contributed by atoms with Crippen LogP contribution in [-0.4, -0.2) is 28.6 Å². The van der Waals surface area contributed by atoms with Crippen LogP contribution in [-0.2, 0) is 19.1 Å². The van der Waals surface area contributed by atoms with Crippen molar-refractivity contribution in [3.8, 4) is 0 Å². The molecule has 5 atom stereocenters. The normalized spacial score (nSPS) is 32.6. The summed E-state index contributed by atoms with van der Waals surface area (Å²) in [5, 5.41) is 9.74. The Kier molecular flexibility index (Phi) is 6.71. The first-order valence-corrected chi connectivity index (χ1v) is 14.6. The summed E-state index contributed by atoms with van der Waals surface area (Å²) in [7, 11) is 0. The lowest BCUT2D eigenvalue weighted by Crippen LogP contribution is -2.53. The van der Waals surface area contributed by atoms with E-state index in [1.807, 2.05) is 12.4 Å². The smallest absolute Gasteiger partial charge is 0.340 e. The molecule has 0 radical (unpaired) electrons. The van der Waals surface area contributed by atoms with Crippen molar-refractivity contribution in [3.63, 3.8) is 0 Å². The molecule has 6 nitrogen and oxygen atoms in total. The molecule has 5 unspecified atom stereocenters. The number of hydrogen-bond donors (Lipinski definition) is 2. The number of ether oxygens (including phenoxy) is 2. The molecule has 0 aromatic carbocycles. The maximum atomic E-state index is 13.9. The number of carbonyl (C=O) groups is 2. The summed E-state index contributed by atoms with van der Waals surface area (Å²) in [6.45, 7) is 4.37. The fraction of sp³-hybridized carbons (Fsp3) is 0.562. The van der Waals surface area contributed by atoms with Gasteiger partial charge in [-0.05, 0) is 92.6 Å². The number of cyclic esters (lactones) is 2. The van der Waals surface area contributed by atoms with E-state index in [9.17, 15) is 14.7 Å². The van der Waals surface area contributed by atoms with E-state index in [0.717, 1.165) is 91.6 Å². The van der Waals surface area contributed by atoms with Crippen LogP contribution in [0.2, 0.25) is 0 Å². The first-order valence-electron chi connectivity index (χ1n) is 14.6. The second kappa shape index (κ2) is 10.0. The second-order valence-corrected chi connectivity index (χ2v) is 11.6. The molecule has 2 N–H and O–H groups in total. The van der Waals surface area contributed by atoms with Gasteiger partial charge in [-0.25, -0.2) is 9.59 Å². The van der Waals surface area contributed by atoms with Gasteiger partial charge in [0.2, 0.25) is 0 Å². The molecule has 1 aromatic heterocycles. The molecule has 3 heterocycles. The van der Waals surface area contributed by atoms with E-state index in [1.165, 1.54) is 5.57 Å². The van der Waals surface area contributed by atoms with E-state index < -0.39 is 5.41 Å². The van der Waals surface area contributed by atoms with Crippen molar-refractivity contribution >= 4 is 11.9 Å².